The minimum atomic E-state index is -0.121. The van der Waals surface area contributed by atoms with Gasteiger partial charge in [0.15, 0.2) is 11.0 Å². The quantitative estimate of drug-likeness (QED) is 0.484. The summed E-state index contributed by atoms with van der Waals surface area (Å²) in [4.78, 5) is 19.9. The van der Waals surface area contributed by atoms with Crippen LogP contribution in [0.1, 0.15) is 16.8 Å². The van der Waals surface area contributed by atoms with Gasteiger partial charge in [-0.3, -0.25) is 9.79 Å². The van der Waals surface area contributed by atoms with Gasteiger partial charge in [0.1, 0.15) is 23.0 Å². The van der Waals surface area contributed by atoms with Crippen molar-refractivity contribution in [3.8, 4) is 23.0 Å². The number of carbonyl (C=O) groups is 1. The highest BCUT2D eigenvalue weighted by molar-refractivity contribution is 8.93. The van der Waals surface area contributed by atoms with Gasteiger partial charge >= 0.3 is 0 Å². The van der Waals surface area contributed by atoms with Crippen LogP contribution in [0.4, 0.5) is 5.69 Å². The fraction of sp³-hybridized carbons (Fsp3) is 0.364. The number of amidine groups is 1. The number of ether oxygens (including phenoxy) is 4. The Labute approximate surface area is 197 Å². The third-order valence-corrected chi connectivity index (χ3v) is 5.80. The number of hydrogen-bond donors (Lipinski definition) is 0. The Morgan fingerprint density at radius 2 is 1.61 bits per heavy atom. The summed E-state index contributed by atoms with van der Waals surface area (Å²) in [6.45, 7) is 0.792. The molecule has 168 valence electrons. The molecule has 0 bridgehead atoms. The van der Waals surface area contributed by atoms with Gasteiger partial charge in [-0.05, 0) is 36.8 Å². The number of anilines is 1. The normalized spacial score (nSPS) is 12.8. The van der Waals surface area contributed by atoms with Crippen LogP contribution in [0.3, 0.4) is 0 Å². The van der Waals surface area contributed by atoms with Crippen LogP contribution in [-0.4, -0.2) is 58.2 Å². The molecule has 1 heterocycles. The van der Waals surface area contributed by atoms with E-state index in [2.05, 4.69) is 4.99 Å². The lowest BCUT2D eigenvalue weighted by molar-refractivity contribution is 0.0999. The molecule has 2 aromatic rings. The van der Waals surface area contributed by atoms with E-state index in [4.69, 9.17) is 18.9 Å². The molecule has 0 aromatic heterocycles. The number of rotatable bonds is 8. The Kier molecular flexibility index (Phi) is 9.51. The molecular formula is C22H27BrN2O5S. The fourth-order valence-corrected chi connectivity index (χ4v) is 4.09. The molecule has 7 nitrogen and oxygen atoms in total. The van der Waals surface area contributed by atoms with Crippen LogP contribution in [0.2, 0.25) is 0 Å². The van der Waals surface area contributed by atoms with Gasteiger partial charge in [0.25, 0.3) is 0 Å². The van der Waals surface area contributed by atoms with Crippen molar-refractivity contribution in [2.24, 2.45) is 4.99 Å². The van der Waals surface area contributed by atoms with Crippen molar-refractivity contribution in [2.75, 3.05) is 52.2 Å². The molecule has 0 N–H and O–H groups in total. The lowest BCUT2D eigenvalue weighted by Gasteiger charge is -2.28. The van der Waals surface area contributed by atoms with Crippen molar-refractivity contribution in [3.63, 3.8) is 0 Å². The van der Waals surface area contributed by atoms with Crippen LogP contribution in [0, 0.1) is 0 Å². The first-order valence-electron chi connectivity index (χ1n) is 9.53. The summed E-state index contributed by atoms with van der Waals surface area (Å²) in [5, 5.41) is 0.781. The van der Waals surface area contributed by atoms with Gasteiger partial charge in [-0.15, -0.1) is 17.0 Å². The van der Waals surface area contributed by atoms with E-state index >= 15 is 0 Å². The summed E-state index contributed by atoms with van der Waals surface area (Å²) < 4.78 is 21.7. The molecule has 0 saturated heterocycles. The van der Waals surface area contributed by atoms with Gasteiger partial charge in [0.2, 0.25) is 0 Å². The van der Waals surface area contributed by atoms with Crippen LogP contribution >= 0.6 is 28.7 Å². The van der Waals surface area contributed by atoms with Crippen LogP contribution in [0.15, 0.2) is 41.4 Å². The minimum absolute atomic E-state index is 0. The SMILES string of the molecule is Br.COc1ccc(OC)c(C(=O)CN(C2=NCCCS2)c2cc(OC)ccc2OC)c1. The number of Topliss-reactive ketones (excluding diaryl/α,β-unsaturated/α-hetero) is 1. The monoisotopic (exact) mass is 510 g/mol. The van der Waals surface area contributed by atoms with E-state index < -0.39 is 0 Å². The second-order valence-electron chi connectivity index (χ2n) is 6.48. The molecule has 0 aliphatic carbocycles. The number of benzene rings is 2. The summed E-state index contributed by atoms with van der Waals surface area (Å²) >= 11 is 1.62. The van der Waals surface area contributed by atoms with E-state index in [1.165, 1.54) is 0 Å². The van der Waals surface area contributed by atoms with Crippen LogP contribution in [-0.2, 0) is 0 Å². The molecule has 31 heavy (non-hydrogen) atoms. The Morgan fingerprint density at radius 1 is 0.968 bits per heavy atom. The first kappa shape index (κ1) is 24.9. The highest BCUT2D eigenvalue weighted by Crippen LogP contribution is 2.35. The number of ketones is 1. The highest BCUT2D eigenvalue weighted by atomic mass is 79.9. The van der Waals surface area contributed by atoms with Crippen LogP contribution in [0.5, 0.6) is 23.0 Å². The van der Waals surface area contributed by atoms with Crippen molar-refractivity contribution < 1.29 is 23.7 Å². The minimum Gasteiger partial charge on any atom is -0.497 e. The molecule has 0 saturated carbocycles. The average molecular weight is 511 g/mol. The second-order valence-corrected chi connectivity index (χ2v) is 7.54. The Bertz CT molecular complexity index is 938. The zero-order chi connectivity index (χ0) is 21.5. The predicted molar refractivity (Wildman–Crippen MR) is 130 cm³/mol. The number of carbonyl (C=O) groups excluding carboxylic acids is 1. The summed E-state index contributed by atoms with van der Waals surface area (Å²) in [5.41, 5.74) is 1.17. The smallest absolute Gasteiger partial charge is 0.186 e. The Hall–Kier alpha value is -2.39. The van der Waals surface area contributed by atoms with Crippen molar-refractivity contribution in [1.82, 2.24) is 0 Å². The molecule has 2 aromatic carbocycles. The molecule has 0 fully saturated rings. The summed E-state index contributed by atoms with van der Waals surface area (Å²) in [6, 6.07) is 10.7. The van der Waals surface area contributed by atoms with Gasteiger partial charge in [-0.25, -0.2) is 0 Å². The number of nitrogens with zero attached hydrogens (tertiary/aromatic N) is 2. The molecule has 0 atom stereocenters. The van der Waals surface area contributed by atoms with E-state index in [-0.39, 0.29) is 29.3 Å². The van der Waals surface area contributed by atoms with Gasteiger partial charge in [-0.1, -0.05) is 11.8 Å². The predicted octanol–water partition coefficient (Wildman–Crippen LogP) is 4.48. The van der Waals surface area contributed by atoms with Gasteiger partial charge in [0, 0.05) is 18.4 Å². The summed E-state index contributed by atoms with van der Waals surface area (Å²) in [7, 11) is 6.32. The lowest BCUT2D eigenvalue weighted by atomic mass is 10.1. The van der Waals surface area contributed by atoms with E-state index in [0.29, 0.717) is 28.6 Å². The standard InChI is InChI=1S/C22H26N2O5S.BrH/c1-26-15-6-8-20(28-3)17(12-15)19(25)14-24(22-23-10-5-11-30-22)18-13-16(27-2)7-9-21(18)29-4;/h6-9,12-13H,5,10-11,14H2,1-4H3;1H. The molecule has 1 aliphatic heterocycles. The van der Waals surface area contributed by atoms with Gasteiger partial charge < -0.3 is 23.8 Å². The maximum Gasteiger partial charge on any atom is 0.186 e. The zero-order valence-corrected chi connectivity index (χ0v) is 20.6. The topological polar surface area (TPSA) is 69.6 Å². The van der Waals surface area contributed by atoms with E-state index in [1.54, 1.807) is 58.4 Å². The second kappa shape index (κ2) is 11.9. The van der Waals surface area contributed by atoms with E-state index in [1.807, 2.05) is 23.1 Å². The Morgan fingerprint density at radius 3 is 2.19 bits per heavy atom. The molecule has 0 spiro atoms. The molecule has 9 heteroatoms. The molecule has 1 aliphatic rings. The average Bonchev–Trinajstić information content (AvgIpc) is 2.82. The number of halogens is 1. The Balaban J connectivity index is 0.00000341. The van der Waals surface area contributed by atoms with Crippen molar-refractivity contribution in [3.05, 3.63) is 42.0 Å². The van der Waals surface area contributed by atoms with Crippen molar-refractivity contribution in [1.29, 1.82) is 0 Å². The van der Waals surface area contributed by atoms with Gasteiger partial charge in [-0.2, -0.15) is 0 Å². The van der Waals surface area contributed by atoms with Crippen molar-refractivity contribution in [2.45, 2.75) is 6.42 Å². The number of aliphatic imine (C=N–C) groups is 1. The van der Waals surface area contributed by atoms with Crippen LogP contribution < -0.4 is 23.8 Å². The molecule has 0 unspecified atom stereocenters. The lowest BCUT2D eigenvalue weighted by Crippen LogP contribution is -2.36. The number of methoxy groups -OCH3 is 4. The summed E-state index contributed by atoms with van der Waals surface area (Å²) in [5.74, 6) is 3.21. The largest absolute Gasteiger partial charge is 0.497 e. The number of thioether (sulfide) groups is 1. The fourth-order valence-electron chi connectivity index (χ4n) is 3.14. The first-order valence-corrected chi connectivity index (χ1v) is 10.5. The molecule has 0 radical (unpaired) electrons. The number of hydrogen-bond acceptors (Lipinski definition) is 8. The molecular weight excluding hydrogens is 484 g/mol. The zero-order valence-electron chi connectivity index (χ0n) is 18.0. The maximum atomic E-state index is 13.4. The van der Waals surface area contributed by atoms with Crippen LogP contribution in [0.25, 0.3) is 0 Å². The van der Waals surface area contributed by atoms with Crippen molar-refractivity contribution >= 4 is 45.4 Å². The summed E-state index contributed by atoms with van der Waals surface area (Å²) in [6.07, 6.45) is 1.01. The third-order valence-electron chi connectivity index (χ3n) is 4.70. The highest BCUT2D eigenvalue weighted by Gasteiger charge is 2.25. The van der Waals surface area contributed by atoms with Gasteiger partial charge in [0.05, 0.1) is 46.2 Å². The third kappa shape index (κ3) is 5.86. The first-order chi connectivity index (χ1) is 14.6. The molecule has 0 amide bonds. The van der Waals surface area contributed by atoms with E-state index in [9.17, 15) is 4.79 Å². The van der Waals surface area contributed by atoms with E-state index in [0.717, 1.165) is 29.6 Å². The maximum absolute atomic E-state index is 13.4. The molecule has 3 rings (SSSR count).